The van der Waals surface area contributed by atoms with Crippen molar-refractivity contribution in [1.82, 2.24) is 10.2 Å². The minimum Gasteiger partial charge on any atom is -0.358 e. The van der Waals surface area contributed by atoms with Gasteiger partial charge in [0.25, 0.3) is 0 Å². The molecule has 11 heteroatoms. The van der Waals surface area contributed by atoms with Crippen molar-refractivity contribution < 1.29 is 18.0 Å². The molecule has 0 aliphatic rings. The van der Waals surface area contributed by atoms with Gasteiger partial charge in [0.15, 0.2) is 4.34 Å². The van der Waals surface area contributed by atoms with Gasteiger partial charge in [-0.3, -0.25) is 4.79 Å². The van der Waals surface area contributed by atoms with Crippen LogP contribution < -0.4 is 10.6 Å². The Morgan fingerprint density at radius 2 is 1.96 bits per heavy atom. The fraction of sp³-hybridized carbons (Fsp3) is 0.400. The monoisotopic (exact) mass is 424 g/mol. The molecule has 0 saturated carbocycles. The number of anilines is 2. The minimum absolute atomic E-state index is 0.0585. The molecule has 1 aromatic heterocycles. The molecular weight excluding hydrogens is 409 g/mol. The molecule has 0 bridgehead atoms. The summed E-state index contributed by atoms with van der Waals surface area (Å²) >= 11 is 8.03. The van der Waals surface area contributed by atoms with Gasteiger partial charge in [-0.2, -0.15) is 13.2 Å². The molecular formula is C15H16ClF3N4OS2. The molecule has 2 N–H and O–H groups in total. The van der Waals surface area contributed by atoms with Gasteiger partial charge in [0.2, 0.25) is 11.0 Å². The Balaban J connectivity index is 2.07. The van der Waals surface area contributed by atoms with Crippen LogP contribution >= 0.6 is 34.7 Å². The van der Waals surface area contributed by atoms with Crippen molar-refractivity contribution in [3.8, 4) is 0 Å². The Labute approximate surface area is 161 Å². The van der Waals surface area contributed by atoms with E-state index in [0.29, 0.717) is 9.47 Å². The molecule has 1 unspecified atom stereocenters. The predicted octanol–water partition coefficient (Wildman–Crippen LogP) is 5.15. The van der Waals surface area contributed by atoms with Crippen LogP contribution in [0.4, 0.5) is 24.0 Å². The number of thioether (sulfide) groups is 1. The summed E-state index contributed by atoms with van der Waals surface area (Å²) in [5, 5.41) is 13.2. The van der Waals surface area contributed by atoms with Gasteiger partial charge in [-0.25, -0.2) is 0 Å². The van der Waals surface area contributed by atoms with Gasteiger partial charge < -0.3 is 10.6 Å². The number of halogens is 4. The highest BCUT2D eigenvalue weighted by atomic mass is 35.5. The van der Waals surface area contributed by atoms with Crippen molar-refractivity contribution in [3.05, 3.63) is 28.8 Å². The first-order valence-electron chi connectivity index (χ1n) is 7.50. The normalized spacial score (nSPS) is 12.9. The van der Waals surface area contributed by atoms with E-state index in [1.807, 2.05) is 13.8 Å². The quantitative estimate of drug-likeness (QED) is 0.628. The largest absolute Gasteiger partial charge is 0.418 e. The molecule has 0 saturated heterocycles. The predicted molar refractivity (Wildman–Crippen MR) is 99.1 cm³/mol. The SMILES string of the molecule is CC(C)Nc1nnc(SC(C)C(=O)Nc2ccc(Cl)cc2C(F)(F)F)s1. The van der Waals surface area contributed by atoms with Crippen molar-refractivity contribution in [2.24, 2.45) is 0 Å². The highest BCUT2D eigenvalue weighted by molar-refractivity contribution is 8.02. The molecule has 0 radical (unpaired) electrons. The number of amides is 1. The lowest BCUT2D eigenvalue weighted by atomic mass is 10.1. The van der Waals surface area contributed by atoms with E-state index in [2.05, 4.69) is 20.8 Å². The zero-order chi connectivity index (χ0) is 19.5. The molecule has 0 fully saturated rings. The van der Waals surface area contributed by atoms with Gasteiger partial charge >= 0.3 is 6.18 Å². The van der Waals surface area contributed by atoms with E-state index in [1.54, 1.807) is 6.92 Å². The van der Waals surface area contributed by atoms with Crippen LogP contribution in [-0.4, -0.2) is 27.4 Å². The second-order valence-electron chi connectivity index (χ2n) is 5.61. The molecule has 1 atom stereocenters. The van der Waals surface area contributed by atoms with E-state index in [1.165, 1.54) is 17.4 Å². The maximum Gasteiger partial charge on any atom is 0.418 e. The van der Waals surface area contributed by atoms with E-state index < -0.39 is 22.9 Å². The van der Waals surface area contributed by atoms with Crippen LogP contribution in [0.5, 0.6) is 0 Å². The Hall–Kier alpha value is -1.52. The smallest absolute Gasteiger partial charge is 0.358 e. The number of aromatic nitrogens is 2. The van der Waals surface area contributed by atoms with Crippen LogP contribution in [-0.2, 0) is 11.0 Å². The third-order valence-electron chi connectivity index (χ3n) is 3.01. The summed E-state index contributed by atoms with van der Waals surface area (Å²) in [6.45, 7) is 5.49. The molecule has 2 aromatic rings. The maximum atomic E-state index is 13.1. The number of nitrogens with one attached hydrogen (secondary N) is 2. The molecule has 0 aliphatic carbocycles. The summed E-state index contributed by atoms with van der Waals surface area (Å²) in [5.41, 5.74) is -1.33. The molecule has 0 aliphatic heterocycles. The van der Waals surface area contributed by atoms with Crippen molar-refractivity contribution in [2.75, 3.05) is 10.6 Å². The topological polar surface area (TPSA) is 66.9 Å². The number of carbonyl (C=O) groups excluding carboxylic acids is 1. The van der Waals surface area contributed by atoms with E-state index in [9.17, 15) is 18.0 Å². The highest BCUT2D eigenvalue weighted by Gasteiger charge is 2.34. The number of carbonyl (C=O) groups is 1. The van der Waals surface area contributed by atoms with E-state index in [4.69, 9.17) is 11.6 Å². The standard InChI is InChI=1S/C15H16ClF3N4OS2/c1-7(2)20-13-22-23-14(26-13)25-8(3)12(24)21-11-5-4-9(16)6-10(11)15(17,18)19/h4-8H,1-3H3,(H,20,22)(H,21,24). The molecule has 26 heavy (non-hydrogen) atoms. The van der Waals surface area contributed by atoms with Crippen molar-refractivity contribution in [1.29, 1.82) is 0 Å². The van der Waals surface area contributed by atoms with Crippen molar-refractivity contribution in [3.63, 3.8) is 0 Å². The number of nitrogens with zero attached hydrogens (tertiary/aromatic N) is 2. The molecule has 0 spiro atoms. The summed E-state index contributed by atoms with van der Waals surface area (Å²) in [4.78, 5) is 12.3. The van der Waals surface area contributed by atoms with Crippen LogP contribution in [0.1, 0.15) is 26.3 Å². The Morgan fingerprint density at radius 1 is 1.27 bits per heavy atom. The summed E-state index contributed by atoms with van der Waals surface area (Å²) in [5.74, 6) is -0.573. The van der Waals surface area contributed by atoms with Gasteiger partial charge in [0, 0.05) is 11.1 Å². The Kier molecular flexibility index (Phi) is 6.75. The number of hydrogen-bond acceptors (Lipinski definition) is 6. The first-order valence-corrected chi connectivity index (χ1v) is 9.58. The first kappa shape index (κ1) is 20.8. The summed E-state index contributed by atoms with van der Waals surface area (Å²) in [7, 11) is 0. The van der Waals surface area contributed by atoms with Gasteiger partial charge in [-0.05, 0) is 39.0 Å². The van der Waals surface area contributed by atoms with Crippen LogP contribution in [0.3, 0.4) is 0 Å². The summed E-state index contributed by atoms with van der Waals surface area (Å²) in [6.07, 6.45) is -4.62. The van der Waals surface area contributed by atoms with E-state index >= 15 is 0 Å². The van der Waals surface area contributed by atoms with Crippen LogP contribution in [0.2, 0.25) is 5.02 Å². The van der Waals surface area contributed by atoms with Gasteiger partial charge in [-0.15, -0.1) is 10.2 Å². The molecule has 2 rings (SSSR count). The zero-order valence-corrected chi connectivity index (χ0v) is 16.4. The van der Waals surface area contributed by atoms with Crippen LogP contribution in [0, 0.1) is 0 Å². The van der Waals surface area contributed by atoms with Gasteiger partial charge in [0.05, 0.1) is 16.5 Å². The second kappa shape index (κ2) is 8.45. The highest BCUT2D eigenvalue weighted by Crippen LogP contribution is 2.37. The number of benzene rings is 1. The van der Waals surface area contributed by atoms with Crippen molar-refractivity contribution >= 4 is 51.4 Å². The number of alkyl halides is 3. The summed E-state index contributed by atoms with van der Waals surface area (Å²) in [6, 6.07) is 3.39. The van der Waals surface area contributed by atoms with Gasteiger partial charge in [0.1, 0.15) is 0 Å². The van der Waals surface area contributed by atoms with Crippen LogP contribution in [0.15, 0.2) is 22.5 Å². The number of hydrogen-bond donors (Lipinski definition) is 2. The van der Waals surface area contributed by atoms with Crippen molar-refractivity contribution in [2.45, 2.75) is 42.6 Å². The fourth-order valence-corrected chi connectivity index (χ4v) is 4.08. The molecule has 1 aromatic carbocycles. The Bertz CT molecular complexity index is 782. The lowest BCUT2D eigenvalue weighted by Gasteiger charge is -2.16. The maximum absolute atomic E-state index is 13.1. The molecule has 1 heterocycles. The Morgan fingerprint density at radius 3 is 2.58 bits per heavy atom. The zero-order valence-electron chi connectivity index (χ0n) is 14.0. The van der Waals surface area contributed by atoms with E-state index in [0.717, 1.165) is 23.9 Å². The third kappa shape index (κ3) is 5.75. The minimum atomic E-state index is -4.62. The lowest BCUT2D eigenvalue weighted by molar-refractivity contribution is -0.137. The third-order valence-corrected chi connectivity index (χ3v) is 5.28. The average molecular weight is 425 g/mol. The van der Waals surface area contributed by atoms with Gasteiger partial charge in [-0.1, -0.05) is 34.7 Å². The lowest BCUT2D eigenvalue weighted by Crippen LogP contribution is -2.24. The summed E-state index contributed by atoms with van der Waals surface area (Å²) < 4.78 is 39.8. The fourth-order valence-electron chi connectivity index (χ4n) is 1.86. The average Bonchev–Trinajstić information content (AvgIpc) is 2.94. The van der Waals surface area contributed by atoms with Crippen LogP contribution in [0.25, 0.3) is 0 Å². The molecule has 1 amide bonds. The van der Waals surface area contributed by atoms with E-state index in [-0.39, 0.29) is 16.8 Å². The number of rotatable bonds is 6. The second-order valence-corrected chi connectivity index (χ2v) is 8.61. The molecule has 5 nitrogen and oxygen atoms in total. The first-order chi connectivity index (χ1) is 12.1. The molecule has 142 valence electrons.